The maximum Gasteiger partial charge on any atom is 0.411 e. The van der Waals surface area contributed by atoms with Crippen molar-refractivity contribution in [1.82, 2.24) is 4.90 Å². The summed E-state index contributed by atoms with van der Waals surface area (Å²) in [4.78, 5) is 25.6. The third kappa shape index (κ3) is 4.25. The molecule has 1 saturated heterocycles. The Balaban J connectivity index is 2.80. The molecular formula is C15H25NO4. The van der Waals surface area contributed by atoms with Gasteiger partial charge in [-0.05, 0) is 54.0 Å². The predicted molar refractivity (Wildman–Crippen MR) is 76.3 cm³/mol. The lowest BCUT2D eigenvalue weighted by Crippen LogP contribution is -2.59. The Labute approximate surface area is 120 Å². The molecule has 0 saturated carbocycles. The van der Waals surface area contributed by atoms with E-state index < -0.39 is 29.3 Å². The van der Waals surface area contributed by atoms with Gasteiger partial charge in [-0.2, -0.15) is 0 Å². The summed E-state index contributed by atoms with van der Waals surface area (Å²) < 4.78 is 10.7. The smallest absolute Gasteiger partial charge is 0.411 e. The first kappa shape index (κ1) is 16.5. The molecule has 0 spiro atoms. The molecule has 5 nitrogen and oxygen atoms in total. The highest BCUT2D eigenvalue weighted by molar-refractivity contribution is 5.88. The number of hydrogen-bond acceptors (Lipinski definition) is 4. The second-order valence-electron chi connectivity index (χ2n) is 6.91. The highest BCUT2D eigenvalue weighted by Gasteiger charge is 2.45. The fourth-order valence-electron chi connectivity index (χ4n) is 1.84. The lowest BCUT2D eigenvalue weighted by Gasteiger charge is -2.42. The van der Waals surface area contributed by atoms with E-state index in [2.05, 4.69) is 0 Å². The fraction of sp³-hybridized carbons (Fsp3) is 0.733. The normalized spacial score (nSPS) is 21.4. The zero-order valence-corrected chi connectivity index (χ0v) is 13.4. The first-order valence-corrected chi connectivity index (χ1v) is 6.82. The highest BCUT2D eigenvalue weighted by Crippen LogP contribution is 2.28. The molecule has 0 aliphatic carbocycles. The minimum absolute atomic E-state index is 0.412. The van der Waals surface area contributed by atoms with Crippen molar-refractivity contribution in [3.63, 3.8) is 0 Å². The van der Waals surface area contributed by atoms with Gasteiger partial charge < -0.3 is 9.47 Å². The van der Waals surface area contributed by atoms with E-state index in [4.69, 9.17) is 9.47 Å². The number of ether oxygens (including phenoxy) is 2. The average molecular weight is 283 g/mol. The van der Waals surface area contributed by atoms with E-state index in [1.54, 1.807) is 41.5 Å². The summed E-state index contributed by atoms with van der Waals surface area (Å²) in [5.41, 5.74) is -0.281. The Morgan fingerprint density at radius 1 is 1.10 bits per heavy atom. The molecule has 114 valence electrons. The average Bonchev–Trinajstić information content (AvgIpc) is 2.09. The summed E-state index contributed by atoms with van der Waals surface area (Å²) in [6.07, 6.45) is 1.36. The molecule has 1 amide bonds. The van der Waals surface area contributed by atoms with Crippen molar-refractivity contribution in [3.05, 3.63) is 11.6 Å². The van der Waals surface area contributed by atoms with Gasteiger partial charge in [-0.25, -0.2) is 9.59 Å². The van der Waals surface area contributed by atoms with Gasteiger partial charge in [-0.3, -0.25) is 4.90 Å². The molecule has 5 heteroatoms. The van der Waals surface area contributed by atoms with E-state index in [9.17, 15) is 9.59 Å². The second-order valence-corrected chi connectivity index (χ2v) is 6.91. The maximum atomic E-state index is 12.2. The van der Waals surface area contributed by atoms with E-state index in [0.717, 1.165) is 5.57 Å². The number of likely N-dealkylation sites (tertiary alicyclic amines) is 1. The van der Waals surface area contributed by atoms with E-state index in [1.165, 1.54) is 4.90 Å². The number of esters is 1. The lowest BCUT2D eigenvalue weighted by molar-refractivity contribution is -0.162. The summed E-state index contributed by atoms with van der Waals surface area (Å²) in [6.45, 7) is 13.1. The first-order valence-electron chi connectivity index (χ1n) is 6.82. The summed E-state index contributed by atoms with van der Waals surface area (Å²) in [6, 6.07) is -0.658. The molecule has 1 aliphatic rings. The third-order valence-corrected chi connectivity index (χ3v) is 2.64. The number of hydrogen-bond donors (Lipinski definition) is 0. The number of amides is 1. The number of rotatable bonds is 1. The van der Waals surface area contributed by atoms with Crippen LogP contribution >= 0.6 is 0 Å². The van der Waals surface area contributed by atoms with Crippen LogP contribution in [0, 0.1) is 0 Å². The molecule has 1 rings (SSSR count). The Kier molecular flexibility index (Phi) is 4.52. The van der Waals surface area contributed by atoms with Crippen LogP contribution in [0.15, 0.2) is 11.6 Å². The monoisotopic (exact) mass is 283 g/mol. The number of carbonyl (C=O) groups is 2. The van der Waals surface area contributed by atoms with Gasteiger partial charge in [0.2, 0.25) is 0 Å². The Morgan fingerprint density at radius 3 is 2.00 bits per heavy atom. The number of allylic oxidation sites excluding steroid dienone is 1. The van der Waals surface area contributed by atoms with Crippen LogP contribution in [-0.2, 0) is 14.3 Å². The minimum Gasteiger partial charge on any atom is -0.458 e. The van der Waals surface area contributed by atoms with Gasteiger partial charge in [0.05, 0.1) is 0 Å². The molecule has 1 heterocycles. The standard InChI is InChI=1S/C15H25NO4/c1-8-10-9-16(13(18)20-15(5,6)7)11(10)12(17)19-14(2,3)4/h8,11H,9H2,1-7H3. The molecule has 1 unspecified atom stereocenters. The molecular weight excluding hydrogens is 258 g/mol. The van der Waals surface area contributed by atoms with Crippen molar-refractivity contribution in [3.8, 4) is 0 Å². The lowest BCUT2D eigenvalue weighted by atomic mass is 9.96. The van der Waals surface area contributed by atoms with Crippen molar-refractivity contribution in [2.75, 3.05) is 6.54 Å². The van der Waals surface area contributed by atoms with E-state index >= 15 is 0 Å². The molecule has 0 radical (unpaired) electrons. The van der Waals surface area contributed by atoms with Crippen molar-refractivity contribution in [2.24, 2.45) is 0 Å². The van der Waals surface area contributed by atoms with Crippen molar-refractivity contribution >= 4 is 12.1 Å². The molecule has 1 aliphatic heterocycles. The topological polar surface area (TPSA) is 55.8 Å². The van der Waals surface area contributed by atoms with Crippen molar-refractivity contribution < 1.29 is 19.1 Å². The van der Waals surface area contributed by atoms with Gasteiger partial charge in [-0.15, -0.1) is 0 Å². The van der Waals surface area contributed by atoms with Gasteiger partial charge in [0, 0.05) is 6.54 Å². The van der Waals surface area contributed by atoms with Gasteiger partial charge in [0.25, 0.3) is 0 Å². The summed E-state index contributed by atoms with van der Waals surface area (Å²) >= 11 is 0. The SMILES string of the molecule is CC=C1CN(C(=O)OC(C)(C)C)C1C(=O)OC(C)(C)C. The zero-order valence-electron chi connectivity index (χ0n) is 13.4. The van der Waals surface area contributed by atoms with Crippen LogP contribution in [0.4, 0.5) is 4.79 Å². The van der Waals surface area contributed by atoms with Gasteiger partial charge in [0.1, 0.15) is 11.2 Å². The quantitative estimate of drug-likeness (QED) is 0.548. The Hall–Kier alpha value is -1.52. The third-order valence-electron chi connectivity index (χ3n) is 2.64. The number of nitrogens with zero attached hydrogens (tertiary/aromatic N) is 1. The number of carbonyl (C=O) groups excluding carboxylic acids is 2. The molecule has 0 aromatic carbocycles. The largest absolute Gasteiger partial charge is 0.458 e. The summed E-state index contributed by atoms with van der Waals surface area (Å²) in [5.74, 6) is -0.414. The molecule has 1 fully saturated rings. The molecule has 0 bridgehead atoms. The van der Waals surface area contributed by atoms with Crippen LogP contribution < -0.4 is 0 Å². The van der Waals surface area contributed by atoms with Crippen LogP contribution in [0.2, 0.25) is 0 Å². The predicted octanol–water partition coefficient (Wildman–Crippen LogP) is 2.89. The molecule has 0 aromatic rings. The second kappa shape index (κ2) is 5.46. The van der Waals surface area contributed by atoms with Crippen LogP contribution in [0.1, 0.15) is 48.5 Å². The molecule has 0 aromatic heterocycles. The zero-order chi connectivity index (χ0) is 15.7. The van der Waals surface area contributed by atoms with E-state index in [-0.39, 0.29) is 0 Å². The molecule has 20 heavy (non-hydrogen) atoms. The van der Waals surface area contributed by atoms with E-state index in [1.807, 2.05) is 13.0 Å². The Bertz CT molecular complexity index is 426. The van der Waals surface area contributed by atoms with Crippen LogP contribution in [0.5, 0.6) is 0 Å². The fourth-order valence-corrected chi connectivity index (χ4v) is 1.84. The van der Waals surface area contributed by atoms with Gasteiger partial charge >= 0.3 is 12.1 Å². The highest BCUT2D eigenvalue weighted by atomic mass is 16.6. The van der Waals surface area contributed by atoms with Crippen molar-refractivity contribution in [1.29, 1.82) is 0 Å². The summed E-state index contributed by atoms with van der Waals surface area (Å²) in [5, 5.41) is 0. The maximum absolute atomic E-state index is 12.2. The minimum atomic E-state index is -0.658. The Morgan fingerprint density at radius 2 is 1.60 bits per heavy atom. The summed E-state index contributed by atoms with van der Waals surface area (Å²) in [7, 11) is 0. The van der Waals surface area contributed by atoms with Crippen LogP contribution in [0.3, 0.4) is 0 Å². The molecule has 1 atom stereocenters. The van der Waals surface area contributed by atoms with Gasteiger partial charge in [0.15, 0.2) is 6.04 Å². The van der Waals surface area contributed by atoms with Crippen molar-refractivity contribution in [2.45, 2.75) is 65.7 Å². The molecule has 0 N–H and O–H groups in total. The van der Waals surface area contributed by atoms with Crippen LogP contribution in [0.25, 0.3) is 0 Å². The first-order chi connectivity index (χ1) is 8.94. The van der Waals surface area contributed by atoms with E-state index in [0.29, 0.717) is 6.54 Å². The van der Waals surface area contributed by atoms with Crippen LogP contribution in [-0.4, -0.2) is 40.8 Å². The van der Waals surface area contributed by atoms with Gasteiger partial charge in [-0.1, -0.05) is 6.08 Å².